The van der Waals surface area contributed by atoms with Crippen LogP contribution in [-0.4, -0.2) is 34.7 Å². The van der Waals surface area contributed by atoms with Crippen molar-refractivity contribution in [3.05, 3.63) is 59.9 Å². The highest BCUT2D eigenvalue weighted by atomic mass is 16.5. The maximum absolute atomic E-state index is 9.31. The first-order valence-electron chi connectivity index (χ1n) is 7.76. The average molecular weight is 300 g/mol. The number of para-hydroxylation sites is 1. The van der Waals surface area contributed by atoms with Crippen LogP contribution in [0.25, 0.3) is 0 Å². The molecule has 0 spiro atoms. The highest BCUT2D eigenvalue weighted by Gasteiger charge is 2.10. The molecule has 2 aromatic rings. The molecule has 1 aromatic carbocycles. The number of nitrogens with zero attached hydrogens (tertiary/aromatic N) is 2. The second kappa shape index (κ2) is 9.18. The van der Waals surface area contributed by atoms with E-state index >= 15 is 0 Å². The van der Waals surface area contributed by atoms with Crippen molar-refractivity contribution < 1.29 is 9.84 Å². The normalized spacial score (nSPS) is 10.9. The van der Waals surface area contributed by atoms with Crippen LogP contribution in [0.3, 0.4) is 0 Å². The Morgan fingerprint density at radius 1 is 1.14 bits per heavy atom. The van der Waals surface area contributed by atoms with Crippen LogP contribution < -0.4 is 4.74 Å². The van der Waals surface area contributed by atoms with Crippen molar-refractivity contribution in [1.82, 2.24) is 9.88 Å². The van der Waals surface area contributed by atoms with Crippen LogP contribution in [-0.2, 0) is 13.1 Å². The lowest BCUT2D eigenvalue weighted by Crippen LogP contribution is -2.26. The first-order chi connectivity index (χ1) is 10.8. The van der Waals surface area contributed by atoms with Gasteiger partial charge in [-0.25, -0.2) is 0 Å². The molecule has 0 bridgehead atoms. The Bertz CT molecular complexity index is 546. The van der Waals surface area contributed by atoms with Crippen LogP contribution in [0.4, 0.5) is 0 Å². The van der Waals surface area contributed by atoms with Gasteiger partial charge in [-0.1, -0.05) is 31.2 Å². The summed E-state index contributed by atoms with van der Waals surface area (Å²) in [6, 6.07) is 12.1. The van der Waals surface area contributed by atoms with Gasteiger partial charge in [0.2, 0.25) is 0 Å². The van der Waals surface area contributed by atoms with Crippen LogP contribution >= 0.6 is 0 Å². The molecule has 0 aliphatic carbocycles. The maximum Gasteiger partial charge on any atom is 0.123 e. The van der Waals surface area contributed by atoms with E-state index in [4.69, 9.17) is 4.74 Å². The summed E-state index contributed by atoms with van der Waals surface area (Å²) in [5.74, 6) is 0.929. The average Bonchev–Trinajstić information content (AvgIpc) is 2.55. The van der Waals surface area contributed by atoms with Crippen molar-refractivity contribution in [3.8, 4) is 5.75 Å². The summed E-state index contributed by atoms with van der Waals surface area (Å²) in [6.07, 6.45) is 4.63. The Hall–Kier alpha value is -1.91. The summed E-state index contributed by atoms with van der Waals surface area (Å²) in [6.45, 7) is 5.09. The van der Waals surface area contributed by atoms with Crippen LogP contribution in [0, 0.1) is 0 Å². The molecule has 0 fully saturated rings. The molecule has 0 aliphatic heterocycles. The largest absolute Gasteiger partial charge is 0.493 e. The monoisotopic (exact) mass is 300 g/mol. The third kappa shape index (κ3) is 5.13. The van der Waals surface area contributed by atoms with Crippen molar-refractivity contribution >= 4 is 0 Å². The number of aromatic nitrogens is 1. The molecule has 1 aromatic heterocycles. The van der Waals surface area contributed by atoms with Gasteiger partial charge < -0.3 is 9.84 Å². The van der Waals surface area contributed by atoms with E-state index in [2.05, 4.69) is 28.9 Å². The number of hydrogen-bond acceptors (Lipinski definition) is 4. The summed E-state index contributed by atoms with van der Waals surface area (Å²) in [5.41, 5.74) is 2.29. The van der Waals surface area contributed by atoms with E-state index in [0.29, 0.717) is 6.54 Å². The summed E-state index contributed by atoms with van der Waals surface area (Å²) >= 11 is 0. The van der Waals surface area contributed by atoms with Gasteiger partial charge in [0, 0.05) is 37.6 Å². The van der Waals surface area contributed by atoms with Crippen molar-refractivity contribution in [2.24, 2.45) is 0 Å². The number of rotatable bonds is 9. The molecule has 4 heteroatoms. The van der Waals surface area contributed by atoms with Gasteiger partial charge in [0.25, 0.3) is 0 Å². The van der Waals surface area contributed by atoms with Gasteiger partial charge >= 0.3 is 0 Å². The topological polar surface area (TPSA) is 45.6 Å². The fraction of sp³-hybridized carbons (Fsp3) is 0.389. The molecule has 0 radical (unpaired) electrons. The molecule has 0 saturated heterocycles. The standard InChI is InChI=1S/C18H24N2O2/c1-2-12-22-18-8-4-3-7-17(18)15-20(10-11-21)14-16-6-5-9-19-13-16/h3-9,13,21H,2,10-12,14-15H2,1H3. The van der Waals surface area contributed by atoms with E-state index in [1.807, 2.05) is 30.5 Å². The first kappa shape index (κ1) is 16.5. The molecular formula is C18H24N2O2. The maximum atomic E-state index is 9.31. The van der Waals surface area contributed by atoms with E-state index in [9.17, 15) is 5.11 Å². The second-order valence-electron chi connectivity index (χ2n) is 5.25. The van der Waals surface area contributed by atoms with Gasteiger partial charge in [-0.15, -0.1) is 0 Å². The van der Waals surface area contributed by atoms with Crippen molar-refractivity contribution in [1.29, 1.82) is 0 Å². The zero-order valence-electron chi connectivity index (χ0n) is 13.1. The quantitative estimate of drug-likeness (QED) is 0.773. The highest BCUT2D eigenvalue weighted by Crippen LogP contribution is 2.21. The molecule has 0 unspecified atom stereocenters. The number of pyridine rings is 1. The Morgan fingerprint density at radius 2 is 2.00 bits per heavy atom. The SMILES string of the molecule is CCCOc1ccccc1CN(CCO)Cc1cccnc1. The predicted octanol–water partition coefficient (Wildman–Crippen LogP) is 2.86. The molecule has 0 amide bonds. The number of hydrogen-bond donors (Lipinski definition) is 1. The Labute approximate surface area is 132 Å². The van der Waals surface area contributed by atoms with Crippen LogP contribution in [0.2, 0.25) is 0 Å². The summed E-state index contributed by atoms with van der Waals surface area (Å²) in [4.78, 5) is 6.35. The van der Waals surface area contributed by atoms with Crippen LogP contribution in [0.15, 0.2) is 48.8 Å². The van der Waals surface area contributed by atoms with Gasteiger partial charge in [0.05, 0.1) is 13.2 Å². The molecule has 0 atom stereocenters. The van der Waals surface area contributed by atoms with Gasteiger partial charge in [0.15, 0.2) is 0 Å². The lowest BCUT2D eigenvalue weighted by atomic mass is 10.1. The summed E-state index contributed by atoms with van der Waals surface area (Å²) in [7, 11) is 0. The minimum atomic E-state index is 0.137. The summed E-state index contributed by atoms with van der Waals surface area (Å²) in [5, 5.41) is 9.31. The Kier molecular flexibility index (Phi) is 6.87. The highest BCUT2D eigenvalue weighted by molar-refractivity contribution is 5.33. The molecular weight excluding hydrogens is 276 g/mol. The van der Waals surface area contributed by atoms with Crippen LogP contribution in [0.5, 0.6) is 5.75 Å². The number of aliphatic hydroxyl groups is 1. The zero-order valence-corrected chi connectivity index (χ0v) is 13.1. The van der Waals surface area contributed by atoms with E-state index in [1.165, 1.54) is 0 Å². The van der Waals surface area contributed by atoms with Gasteiger partial charge in [-0.2, -0.15) is 0 Å². The lowest BCUT2D eigenvalue weighted by Gasteiger charge is -2.22. The molecule has 0 saturated carbocycles. The molecule has 1 heterocycles. The smallest absolute Gasteiger partial charge is 0.123 e. The van der Waals surface area contributed by atoms with Gasteiger partial charge in [-0.05, 0) is 24.1 Å². The Morgan fingerprint density at radius 3 is 2.73 bits per heavy atom. The van der Waals surface area contributed by atoms with Gasteiger partial charge in [0.1, 0.15) is 5.75 Å². The zero-order chi connectivity index (χ0) is 15.6. The van der Waals surface area contributed by atoms with E-state index in [0.717, 1.165) is 43.0 Å². The molecule has 118 valence electrons. The Balaban J connectivity index is 2.07. The fourth-order valence-corrected chi connectivity index (χ4v) is 2.33. The molecule has 22 heavy (non-hydrogen) atoms. The van der Waals surface area contributed by atoms with E-state index in [1.54, 1.807) is 6.20 Å². The van der Waals surface area contributed by atoms with Crippen molar-refractivity contribution in [3.63, 3.8) is 0 Å². The second-order valence-corrected chi connectivity index (χ2v) is 5.25. The predicted molar refractivity (Wildman–Crippen MR) is 87.7 cm³/mol. The lowest BCUT2D eigenvalue weighted by molar-refractivity contribution is 0.182. The third-order valence-electron chi connectivity index (χ3n) is 3.37. The first-order valence-corrected chi connectivity index (χ1v) is 7.76. The molecule has 1 N–H and O–H groups in total. The third-order valence-corrected chi connectivity index (χ3v) is 3.37. The minimum Gasteiger partial charge on any atom is -0.493 e. The number of ether oxygens (including phenoxy) is 1. The molecule has 0 aliphatic rings. The van der Waals surface area contributed by atoms with Gasteiger partial charge in [-0.3, -0.25) is 9.88 Å². The minimum absolute atomic E-state index is 0.137. The van der Waals surface area contributed by atoms with E-state index in [-0.39, 0.29) is 6.61 Å². The fourth-order valence-electron chi connectivity index (χ4n) is 2.33. The molecule has 2 rings (SSSR count). The van der Waals surface area contributed by atoms with Crippen LogP contribution in [0.1, 0.15) is 24.5 Å². The molecule has 4 nitrogen and oxygen atoms in total. The van der Waals surface area contributed by atoms with Crippen molar-refractivity contribution in [2.45, 2.75) is 26.4 Å². The number of benzene rings is 1. The number of aliphatic hydroxyl groups excluding tert-OH is 1. The van der Waals surface area contributed by atoms with E-state index < -0.39 is 0 Å². The van der Waals surface area contributed by atoms with Crippen molar-refractivity contribution in [2.75, 3.05) is 19.8 Å². The summed E-state index contributed by atoms with van der Waals surface area (Å²) < 4.78 is 5.81.